The first-order chi connectivity index (χ1) is 7.71. The zero-order valence-electron chi connectivity index (χ0n) is 10.4. The van der Waals surface area contributed by atoms with Crippen molar-refractivity contribution in [2.45, 2.75) is 19.9 Å². The van der Waals surface area contributed by atoms with Crippen molar-refractivity contribution < 1.29 is 12.8 Å². The predicted molar refractivity (Wildman–Crippen MR) is 68.4 cm³/mol. The van der Waals surface area contributed by atoms with Gasteiger partial charge in [0.1, 0.15) is 5.82 Å². The molecule has 0 unspecified atom stereocenters. The zero-order valence-corrected chi connectivity index (χ0v) is 11.2. The van der Waals surface area contributed by atoms with Crippen molar-refractivity contribution in [1.29, 1.82) is 0 Å². The molecule has 0 aromatic heterocycles. The van der Waals surface area contributed by atoms with Gasteiger partial charge in [-0.2, -0.15) is 0 Å². The maximum Gasteiger partial charge on any atom is 0.232 e. The molecule has 0 aliphatic rings. The number of benzene rings is 1. The van der Waals surface area contributed by atoms with E-state index in [1.54, 1.807) is 0 Å². The molecule has 1 aromatic carbocycles. The van der Waals surface area contributed by atoms with Gasteiger partial charge in [-0.25, -0.2) is 12.8 Å². The second-order valence-corrected chi connectivity index (χ2v) is 6.20. The number of nitrogens with one attached hydrogen (secondary N) is 1. The quantitative estimate of drug-likeness (QED) is 0.901. The molecule has 0 heterocycles. The first-order valence-corrected chi connectivity index (χ1v) is 7.06. The van der Waals surface area contributed by atoms with Gasteiger partial charge in [-0.1, -0.05) is 0 Å². The van der Waals surface area contributed by atoms with Crippen LogP contribution in [0.5, 0.6) is 0 Å². The summed E-state index contributed by atoms with van der Waals surface area (Å²) in [6.07, 6.45) is 1.08. The molecule has 1 N–H and O–H groups in total. The van der Waals surface area contributed by atoms with Gasteiger partial charge in [-0.15, -0.1) is 0 Å². The second kappa shape index (κ2) is 4.91. The van der Waals surface area contributed by atoms with E-state index in [1.165, 1.54) is 25.2 Å². The summed E-state index contributed by atoms with van der Waals surface area (Å²) in [6.45, 7) is 3.85. The van der Waals surface area contributed by atoms with Crippen molar-refractivity contribution >= 4 is 21.4 Å². The Morgan fingerprint density at radius 3 is 2.41 bits per heavy atom. The molecule has 0 atom stereocenters. The number of halogens is 1. The number of sulfonamides is 1. The van der Waals surface area contributed by atoms with Crippen molar-refractivity contribution in [2.24, 2.45) is 0 Å². The smallest absolute Gasteiger partial charge is 0.232 e. The highest BCUT2D eigenvalue weighted by molar-refractivity contribution is 7.92. The molecule has 0 saturated carbocycles. The van der Waals surface area contributed by atoms with Crippen LogP contribution in [0.3, 0.4) is 0 Å². The lowest BCUT2D eigenvalue weighted by atomic mass is 10.2. The summed E-state index contributed by atoms with van der Waals surface area (Å²) in [4.78, 5) is 0. The summed E-state index contributed by atoms with van der Waals surface area (Å²) in [5.74, 6) is -0.468. The Labute approximate surface area is 101 Å². The molecule has 0 radical (unpaired) electrons. The van der Waals surface area contributed by atoms with E-state index in [-0.39, 0.29) is 6.04 Å². The lowest BCUT2D eigenvalue weighted by Crippen LogP contribution is -2.26. The number of nitrogens with zero attached hydrogens (tertiary/aromatic N) is 1. The Kier molecular flexibility index (Phi) is 3.98. The minimum absolute atomic E-state index is 0.132. The number of rotatable bonds is 4. The van der Waals surface area contributed by atoms with E-state index in [4.69, 9.17) is 0 Å². The third kappa shape index (κ3) is 3.59. The second-order valence-electron chi connectivity index (χ2n) is 4.19. The highest BCUT2D eigenvalue weighted by Gasteiger charge is 2.16. The normalized spacial score (nSPS) is 11.6. The van der Waals surface area contributed by atoms with Gasteiger partial charge in [0.25, 0.3) is 0 Å². The van der Waals surface area contributed by atoms with Crippen molar-refractivity contribution in [3.05, 3.63) is 24.0 Å². The molecule has 0 fully saturated rings. The van der Waals surface area contributed by atoms with Gasteiger partial charge in [-0.05, 0) is 26.0 Å². The summed E-state index contributed by atoms with van der Waals surface area (Å²) in [5.41, 5.74) is 0.899. The molecule has 96 valence electrons. The van der Waals surface area contributed by atoms with Gasteiger partial charge in [0.05, 0.1) is 17.6 Å². The SMILES string of the molecule is CC(C)Nc1ccc(F)cc1N(C)S(C)(=O)=O. The Morgan fingerprint density at radius 2 is 1.94 bits per heavy atom. The summed E-state index contributed by atoms with van der Waals surface area (Å²) >= 11 is 0. The lowest BCUT2D eigenvalue weighted by Gasteiger charge is -2.22. The van der Waals surface area contributed by atoms with Gasteiger partial charge in [-0.3, -0.25) is 4.31 Å². The minimum atomic E-state index is -3.40. The van der Waals surface area contributed by atoms with Crippen LogP contribution in [0, 0.1) is 5.82 Å². The van der Waals surface area contributed by atoms with Crippen molar-refractivity contribution in [2.75, 3.05) is 22.9 Å². The molecule has 0 saturated heterocycles. The maximum absolute atomic E-state index is 13.2. The van der Waals surface area contributed by atoms with Crippen LogP contribution in [0.1, 0.15) is 13.8 Å². The van der Waals surface area contributed by atoms with Crippen LogP contribution >= 0.6 is 0 Å². The summed E-state index contributed by atoms with van der Waals surface area (Å²) < 4.78 is 37.2. The lowest BCUT2D eigenvalue weighted by molar-refractivity contribution is 0.599. The van der Waals surface area contributed by atoms with Crippen LogP contribution in [0.15, 0.2) is 18.2 Å². The number of anilines is 2. The van der Waals surface area contributed by atoms with Crippen molar-refractivity contribution in [3.63, 3.8) is 0 Å². The van der Waals surface area contributed by atoms with Crippen molar-refractivity contribution in [1.82, 2.24) is 0 Å². The van der Waals surface area contributed by atoms with E-state index >= 15 is 0 Å². The third-order valence-electron chi connectivity index (χ3n) is 2.24. The summed E-state index contributed by atoms with van der Waals surface area (Å²) in [7, 11) is -2.01. The van der Waals surface area contributed by atoms with E-state index in [1.807, 2.05) is 13.8 Å². The molecule has 1 rings (SSSR count). The molecular weight excluding hydrogens is 243 g/mol. The van der Waals surface area contributed by atoms with E-state index in [0.717, 1.165) is 10.6 Å². The standard InChI is InChI=1S/C11H17FN2O2S/c1-8(2)13-10-6-5-9(12)7-11(10)14(3)17(4,15)16/h5-8,13H,1-4H3. The number of hydrogen-bond donors (Lipinski definition) is 1. The number of hydrogen-bond acceptors (Lipinski definition) is 3. The average molecular weight is 260 g/mol. The largest absolute Gasteiger partial charge is 0.381 e. The van der Waals surface area contributed by atoms with Crippen LogP contribution < -0.4 is 9.62 Å². The van der Waals surface area contributed by atoms with E-state index in [0.29, 0.717) is 11.4 Å². The highest BCUT2D eigenvalue weighted by Crippen LogP contribution is 2.28. The summed E-state index contributed by atoms with van der Waals surface area (Å²) in [6, 6.07) is 4.16. The van der Waals surface area contributed by atoms with Gasteiger partial charge in [0.2, 0.25) is 10.0 Å². The first-order valence-electron chi connectivity index (χ1n) is 5.22. The van der Waals surface area contributed by atoms with Gasteiger partial charge < -0.3 is 5.32 Å². The molecule has 4 nitrogen and oxygen atoms in total. The van der Waals surface area contributed by atoms with E-state index in [2.05, 4.69) is 5.32 Å². The van der Waals surface area contributed by atoms with Gasteiger partial charge in [0.15, 0.2) is 0 Å². The van der Waals surface area contributed by atoms with E-state index in [9.17, 15) is 12.8 Å². The van der Waals surface area contributed by atoms with E-state index < -0.39 is 15.8 Å². The molecule has 6 heteroatoms. The highest BCUT2D eigenvalue weighted by atomic mass is 32.2. The van der Waals surface area contributed by atoms with Crippen LogP contribution in [-0.4, -0.2) is 27.8 Å². The molecule has 1 aromatic rings. The monoisotopic (exact) mass is 260 g/mol. The third-order valence-corrected chi connectivity index (χ3v) is 3.43. The molecular formula is C11H17FN2O2S. The molecule has 0 aliphatic heterocycles. The first kappa shape index (κ1) is 13.8. The van der Waals surface area contributed by atoms with Gasteiger partial charge >= 0.3 is 0 Å². The Bertz CT molecular complexity index is 500. The van der Waals surface area contributed by atoms with Crippen molar-refractivity contribution in [3.8, 4) is 0 Å². The average Bonchev–Trinajstić information content (AvgIpc) is 2.17. The van der Waals surface area contributed by atoms with Gasteiger partial charge in [0, 0.05) is 19.2 Å². The molecule has 17 heavy (non-hydrogen) atoms. The Morgan fingerprint density at radius 1 is 1.35 bits per heavy atom. The van der Waals surface area contributed by atoms with Crippen LogP contribution in [0.4, 0.5) is 15.8 Å². The maximum atomic E-state index is 13.2. The van der Waals surface area contributed by atoms with Crippen LogP contribution in [-0.2, 0) is 10.0 Å². The molecule has 0 spiro atoms. The molecule has 0 bridgehead atoms. The topological polar surface area (TPSA) is 49.4 Å². The minimum Gasteiger partial charge on any atom is -0.381 e. The zero-order chi connectivity index (χ0) is 13.2. The fourth-order valence-electron chi connectivity index (χ4n) is 1.38. The Hall–Kier alpha value is -1.30. The van der Waals surface area contributed by atoms with Crippen LogP contribution in [0.2, 0.25) is 0 Å². The molecule has 0 aliphatic carbocycles. The molecule has 0 amide bonds. The summed E-state index contributed by atoms with van der Waals surface area (Å²) in [5, 5.41) is 3.08. The fourth-order valence-corrected chi connectivity index (χ4v) is 1.89. The Balaban J connectivity index is 3.24. The van der Waals surface area contributed by atoms with Crippen LogP contribution in [0.25, 0.3) is 0 Å². The predicted octanol–water partition coefficient (Wildman–Crippen LogP) is 2.04. The fraction of sp³-hybridized carbons (Fsp3) is 0.455.